The first-order chi connectivity index (χ1) is 9.02. The first-order valence-corrected chi connectivity index (χ1v) is 5.83. The lowest BCUT2D eigenvalue weighted by molar-refractivity contribution is -0.384. The van der Waals surface area contributed by atoms with Crippen molar-refractivity contribution in [2.24, 2.45) is 5.92 Å². The van der Waals surface area contributed by atoms with Gasteiger partial charge in [0, 0.05) is 6.54 Å². The number of nitrogens with zero attached hydrogens (tertiary/aromatic N) is 1. The number of esters is 1. The predicted molar refractivity (Wildman–Crippen MR) is 65.6 cm³/mol. The van der Waals surface area contributed by atoms with Crippen LogP contribution in [0.4, 0.5) is 15.8 Å². The van der Waals surface area contributed by atoms with E-state index in [1.165, 1.54) is 0 Å². The van der Waals surface area contributed by atoms with Crippen molar-refractivity contribution in [1.29, 1.82) is 0 Å². The Kier molecular flexibility index (Phi) is 3.64. The lowest BCUT2D eigenvalue weighted by atomic mass is 10.1. The quantitative estimate of drug-likeness (QED) is 0.503. The highest BCUT2D eigenvalue weighted by Crippen LogP contribution is 2.32. The fourth-order valence-electron chi connectivity index (χ4n) is 1.70. The van der Waals surface area contributed by atoms with E-state index >= 15 is 0 Å². The minimum Gasteiger partial charge on any atom is -0.465 e. The normalized spacial score (nSPS) is 14.0. The minimum atomic E-state index is -0.962. The second-order valence-electron chi connectivity index (χ2n) is 4.42. The molecule has 1 saturated carbocycles. The van der Waals surface area contributed by atoms with E-state index in [9.17, 15) is 19.3 Å². The lowest BCUT2D eigenvalue weighted by Gasteiger charge is -2.09. The third kappa shape index (κ3) is 2.98. The molecule has 0 amide bonds. The van der Waals surface area contributed by atoms with Crippen LogP contribution in [0.15, 0.2) is 12.1 Å². The molecule has 0 atom stereocenters. The van der Waals surface area contributed by atoms with Gasteiger partial charge in [-0.25, -0.2) is 9.18 Å². The van der Waals surface area contributed by atoms with Gasteiger partial charge in [0.1, 0.15) is 11.5 Å². The van der Waals surface area contributed by atoms with Crippen molar-refractivity contribution in [2.75, 3.05) is 19.0 Å². The molecule has 0 heterocycles. The van der Waals surface area contributed by atoms with Crippen LogP contribution in [0.2, 0.25) is 0 Å². The molecule has 6 nitrogen and oxygen atoms in total. The Bertz CT molecular complexity index is 529. The van der Waals surface area contributed by atoms with Crippen LogP contribution >= 0.6 is 0 Å². The Morgan fingerprint density at radius 1 is 1.58 bits per heavy atom. The molecule has 0 bridgehead atoms. The summed E-state index contributed by atoms with van der Waals surface area (Å²) in [4.78, 5) is 21.5. The van der Waals surface area contributed by atoms with Gasteiger partial charge in [0.2, 0.25) is 0 Å². The smallest absolute Gasteiger partial charge is 0.340 e. The molecule has 0 aromatic heterocycles. The molecule has 7 heteroatoms. The predicted octanol–water partition coefficient (Wildman–Crippen LogP) is 2.34. The summed E-state index contributed by atoms with van der Waals surface area (Å²) in [5.74, 6) is -1.33. The first kappa shape index (κ1) is 13.3. The molecular weight excluding hydrogens is 255 g/mol. The van der Waals surface area contributed by atoms with Crippen LogP contribution in [-0.2, 0) is 4.74 Å². The van der Waals surface area contributed by atoms with Crippen LogP contribution in [0.25, 0.3) is 0 Å². The van der Waals surface area contributed by atoms with Crippen molar-refractivity contribution < 1.29 is 18.8 Å². The van der Waals surface area contributed by atoms with Crippen molar-refractivity contribution in [3.8, 4) is 0 Å². The molecule has 19 heavy (non-hydrogen) atoms. The van der Waals surface area contributed by atoms with E-state index in [4.69, 9.17) is 0 Å². The van der Waals surface area contributed by atoms with Crippen LogP contribution in [0.3, 0.4) is 0 Å². The van der Waals surface area contributed by atoms with Gasteiger partial charge >= 0.3 is 5.97 Å². The van der Waals surface area contributed by atoms with Crippen molar-refractivity contribution >= 4 is 17.3 Å². The molecule has 1 aliphatic rings. The number of nitro groups is 1. The number of nitro benzene ring substituents is 1. The van der Waals surface area contributed by atoms with Crippen LogP contribution in [0, 0.1) is 21.8 Å². The third-order valence-corrected chi connectivity index (χ3v) is 2.97. The number of benzene rings is 1. The zero-order chi connectivity index (χ0) is 14.0. The summed E-state index contributed by atoms with van der Waals surface area (Å²) < 4.78 is 18.0. The molecule has 0 unspecified atom stereocenters. The maximum atomic E-state index is 13.6. The zero-order valence-corrected chi connectivity index (χ0v) is 10.3. The maximum Gasteiger partial charge on any atom is 0.340 e. The molecule has 0 saturated heterocycles. The number of carbonyl (C=O) groups excluding carboxylic acids is 1. The van der Waals surface area contributed by atoms with Gasteiger partial charge in [-0.1, -0.05) is 0 Å². The van der Waals surface area contributed by atoms with Gasteiger partial charge in [-0.15, -0.1) is 0 Å². The monoisotopic (exact) mass is 268 g/mol. The summed E-state index contributed by atoms with van der Waals surface area (Å²) in [5, 5.41) is 13.8. The number of halogens is 1. The molecule has 1 N–H and O–H groups in total. The molecule has 0 radical (unpaired) electrons. The Hall–Kier alpha value is -2.18. The Morgan fingerprint density at radius 3 is 2.79 bits per heavy atom. The summed E-state index contributed by atoms with van der Waals surface area (Å²) in [7, 11) is 1.13. The standard InChI is InChI=1S/C12H13FN2O4/c1-19-12(16)8-4-10(14-6-7-2-3-7)11(15(17)18)5-9(8)13/h4-5,7,14H,2-3,6H2,1H3. The highest BCUT2D eigenvalue weighted by atomic mass is 19.1. The van der Waals surface area contributed by atoms with E-state index in [1.54, 1.807) is 0 Å². The van der Waals surface area contributed by atoms with E-state index in [1.807, 2.05) is 0 Å². The molecule has 1 fully saturated rings. The minimum absolute atomic E-state index is 0.138. The molecular formula is C12H13FN2O4. The molecule has 0 aliphatic heterocycles. The van der Waals surface area contributed by atoms with Gasteiger partial charge in [-0.2, -0.15) is 0 Å². The Morgan fingerprint density at radius 2 is 2.26 bits per heavy atom. The zero-order valence-electron chi connectivity index (χ0n) is 10.3. The number of anilines is 1. The van der Waals surface area contributed by atoms with E-state index in [0.29, 0.717) is 12.5 Å². The van der Waals surface area contributed by atoms with Crippen LogP contribution in [0.5, 0.6) is 0 Å². The summed E-state index contributed by atoms with van der Waals surface area (Å²) in [5.41, 5.74) is -0.559. The van der Waals surface area contributed by atoms with Gasteiger partial charge in [0.15, 0.2) is 0 Å². The van der Waals surface area contributed by atoms with Crippen molar-refractivity contribution in [3.63, 3.8) is 0 Å². The molecule has 1 aromatic carbocycles. The average molecular weight is 268 g/mol. The maximum absolute atomic E-state index is 13.6. The fourth-order valence-corrected chi connectivity index (χ4v) is 1.70. The van der Waals surface area contributed by atoms with E-state index in [-0.39, 0.29) is 16.9 Å². The second-order valence-corrected chi connectivity index (χ2v) is 4.42. The van der Waals surface area contributed by atoms with Gasteiger partial charge in [-0.05, 0) is 24.8 Å². The summed E-state index contributed by atoms with van der Waals surface area (Å²) >= 11 is 0. The summed E-state index contributed by atoms with van der Waals surface area (Å²) in [6.07, 6.45) is 2.15. The van der Waals surface area contributed by atoms with Gasteiger partial charge in [0.05, 0.1) is 23.7 Å². The Labute approximate surface area is 108 Å². The van der Waals surface area contributed by atoms with Gasteiger partial charge in [-0.3, -0.25) is 10.1 Å². The summed E-state index contributed by atoms with van der Waals surface area (Å²) in [6, 6.07) is 1.86. The van der Waals surface area contributed by atoms with Crippen LogP contribution in [-0.4, -0.2) is 24.5 Å². The molecule has 0 spiro atoms. The highest BCUT2D eigenvalue weighted by molar-refractivity contribution is 5.91. The van der Waals surface area contributed by atoms with Gasteiger partial charge in [0.25, 0.3) is 5.69 Å². The van der Waals surface area contributed by atoms with Crippen molar-refractivity contribution in [3.05, 3.63) is 33.6 Å². The lowest BCUT2D eigenvalue weighted by Crippen LogP contribution is -2.10. The van der Waals surface area contributed by atoms with E-state index in [2.05, 4.69) is 10.1 Å². The molecule has 102 valence electrons. The fraction of sp³-hybridized carbons (Fsp3) is 0.417. The highest BCUT2D eigenvalue weighted by Gasteiger charge is 2.25. The average Bonchev–Trinajstić information content (AvgIpc) is 3.19. The molecule has 2 rings (SSSR count). The molecule has 1 aliphatic carbocycles. The third-order valence-electron chi connectivity index (χ3n) is 2.97. The van der Waals surface area contributed by atoms with E-state index in [0.717, 1.165) is 32.1 Å². The largest absolute Gasteiger partial charge is 0.465 e. The topological polar surface area (TPSA) is 81.5 Å². The number of methoxy groups -OCH3 is 1. The SMILES string of the molecule is COC(=O)c1cc(NCC2CC2)c([N+](=O)[O-])cc1F. The Balaban J connectivity index is 2.34. The number of carbonyl (C=O) groups is 1. The summed E-state index contributed by atoms with van der Waals surface area (Å²) in [6.45, 7) is 0.576. The number of rotatable bonds is 5. The molecule has 1 aromatic rings. The number of hydrogen-bond acceptors (Lipinski definition) is 5. The van der Waals surface area contributed by atoms with Crippen LogP contribution in [0.1, 0.15) is 23.2 Å². The second kappa shape index (κ2) is 5.21. The number of hydrogen-bond donors (Lipinski definition) is 1. The van der Waals surface area contributed by atoms with Gasteiger partial charge < -0.3 is 10.1 Å². The van der Waals surface area contributed by atoms with Crippen molar-refractivity contribution in [2.45, 2.75) is 12.8 Å². The number of nitrogens with one attached hydrogen (secondary N) is 1. The first-order valence-electron chi connectivity index (χ1n) is 5.83. The van der Waals surface area contributed by atoms with Crippen LogP contribution < -0.4 is 5.32 Å². The van der Waals surface area contributed by atoms with Crippen molar-refractivity contribution in [1.82, 2.24) is 0 Å². The van der Waals surface area contributed by atoms with E-state index < -0.39 is 16.7 Å². The number of ether oxygens (including phenoxy) is 1.